The Balaban J connectivity index is 2.25. The number of halogens is 1. The van der Waals surface area contributed by atoms with Gasteiger partial charge in [0, 0.05) is 0 Å². The Bertz CT molecular complexity index is 622. The number of hydrogen-bond acceptors (Lipinski definition) is 4. The summed E-state index contributed by atoms with van der Waals surface area (Å²) in [6.45, 7) is 0. The summed E-state index contributed by atoms with van der Waals surface area (Å²) >= 11 is 0. The predicted molar refractivity (Wildman–Crippen MR) is 61.1 cm³/mol. The molecular weight excluding hydrogens is 235 g/mol. The van der Waals surface area contributed by atoms with Crippen molar-refractivity contribution in [2.45, 2.75) is 0 Å². The second kappa shape index (κ2) is 5.01. The van der Waals surface area contributed by atoms with Crippen LogP contribution in [0.25, 0.3) is 0 Å². The summed E-state index contributed by atoms with van der Waals surface area (Å²) in [5, 5.41) is 18.5. The number of amides is 1. The van der Waals surface area contributed by atoms with Crippen LogP contribution in [0, 0.1) is 17.1 Å². The van der Waals surface area contributed by atoms with Crippen molar-refractivity contribution in [1.29, 1.82) is 5.26 Å². The van der Waals surface area contributed by atoms with Gasteiger partial charge in [-0.1, -0.05) is 0 Å². The fourth-order valence-electron chi connectivity index (χ4n) is 1.34. The number of carbonyl (C=O) groups is 1. The summed E-state index contributed by atoms with van der Waals surface area (Å²) in [5.74, 6) is -0.969. The first kappa shape index (κ1) is 11.7. The molecule has 5 nitrogen and oxygen atoms in total. The Morgan fingerprint density at radius 2 is 2.17 bits per heavy atom. The normalized spacial score (nSPS) is 9.56. The van der Waals surface area contributed by atoms with Crippen molar-refractivity contribution < 1.29 is 9.18 Å². The van der Waals surface area contributed by atoms with E-state index in [1.807, 2.05) is 6.07 Å². The lowest BCUT2D eigenvalue weighted by atomic mass is 10.2. The molecule has 18 heavy (non-hydrogen) atoms. The minimum atomic E-state index is -0.532. The molecule has 0 radical (unpaired) electrons. The maximum Gasteiger partial charge on any atom is 0.257 e. The van der Waals surface area contributed by atoms with Gasteiger partial charge >= 0.3 is 0 Å². The maximum absolute atomic E-state index is 12.9. The molecule has 1 N–H and O–H groups in total. The lowest BCUT2D eigenvalue weighted by Crippen LogP contribution is -2.13. The lowest BCUT2D eigenvalue weighted by Gasteiger charge is -2.06. The van der Waals surface area contributed by atoms with Gasteiger partial charge in [0.2, 0.25) is 0 Å². The number of nitriles is 1. The van der Waals surface area contributed by atoms with Gasteiger partial charge in [0.25, 0.3) is 5.91 Å². The molecular formula is C12H7FN4O. The van der Waals surface area contributed by atoms with Crippen molar-refractivity contribution in [3.05, 3.63) is 53.6 Å². The van der Waals surface area contributed by atoms with E-state index in [-0.39, 0.29) is 11.3 Å². The van der Waals surface area contributed by atoms with Crippen LogP contribution in [0.3, 0.4) is 0 Å². The number of rotatable bonds is 2. The zero-order chi connectivity index (χ0) is 13.0. The Hall–Kier alpha value is -2.81. The highest BCUT2D eigenvalue weighted by Gasteiger charge is 2.09. The van der Waals surface area contributed by atoms with Gasteiger partial charge in [-0.2, -0.15) is 15.5 Å². The van der Waals surface area contributed by atoms with E-state index in [2.05, 4.69) is 15.5 Å². The maximum atomic E-state index is 12.9. The topological polar surface area (TPSA) is 78.7 Å². The molecule has 1 aromatic carbocycles. The summed E-state index contributed by atoms with van der Waals surface area (Å²) < 4.78 is 12.9. The molecule has 0 bridgehead atoms. The molecule has 0 unspecified atom stereocenters. The van der Waals surface area contributed by atoms with Gasteiger partial charge in [0.1, 0.15) is 11.9 Å². The number of nitrogens with one attached hydrogen (secondary N) is 1. The van der Waals surface area contributed by atoms with Crippen molar-refractivity contribution in [1.82, 2.24) is 10.2 Å². The van der Waals surface area contributed by atoms with Gasteiger partial charge in [-0.25, -0.2) is 4.39 Å². The van der Waals surface area contributed by atoms with Gasteiger partial charge < -0.3 is 5.32 Å². The second-order valence-electron chi connectivity index (χ2n) is 3.39. The van der Waals surface area contributed by atoms with Crippen molar-refractivity contribution in [3.8, 4) is 6.07 Å². The van der Waals surface area contributed by atoms with Crippen molar-refractivity contribution in [3.63, 3.8) is 0 Å². The van der Waals surface area contributed by atoms with Crippen LogP contribution in [-0.4, -0.2) is 16.1 Å². The first-order chi connectivity index (χ1) is 8.70. The molecule has 1 amide bonds. The van der Waals surface area contributed by atoms with Crippen LogP contribution >= 0.6 is 0 Å². The highest BCUT2D eigenvalue weighted by atomic mass is 19.1. The number of hydrogen-bond donors (Lipinski definition) is 1. The van der Waals surface area contributed by atoms with E-state index in [0.717, 1.165) is 6.07 Å². The van der Waals surface area contributed by atoms with Crippen LogP contribution in [0.5, 0.6) is 0 Å². The second-order valence-corrected chi connectivity index (χ2v) is 3.39. The van der Waals surface area contributed by atoms with Crippen molar-refractivity contribution >= 4 is 11.6 Å². The molecule has 2 rings (SSSR count). The number of carbonyl (C=O) groups excluding carboxylic acids is 1. The molecule has 0 atom stereocenters. The minimum absolute atomic E-state index is 0.0605. The summed E-state index contributed by atoms with van der Waals surface area (Å²) in [4.78, 5) is 11.8. The van der Waals surface area contributed by atoms with Crippen LogP contribution in [-0.2, 0) is 0 Å². The van der Waals surface area contributed by atoms with E-state index >= 15 is 0 Å². The first-order valence-electron chi connectivity index (χ1n) is 4.98. The number of nitrogens with zero attached hydrogens (tertiary/aromatic N) is 3. The minimum Gasteiger partial charge on any atom is -0.321 e. The fraction of sp³-hybridized carbons (Fsp3) is 0. The van der Waals surface area contributed by atoms with E-state index in [4.69, 9.17) is 5.26 Å². The molecule has 0 spiro atoms. The standard InChI is InChI=1S/C12H7FN4O/c13-10-1-2-11(9(5-10)6-14)17-12(18)8-3-4-15-16-7-8/h1-5,7H,(H,17,18). The van der Waals surface area contributed by atoms with Crippen LogP contribution < -0.4 is 5.32 Å². The number of benzene rings is 1. The Morgan fingerprint density at radius 1 is 1.33 bits per heavy atom. The van der Waals surface area contributed by atoms with E-state index < -0.39 is 11.7 Å². The molecule has 6 heteroatoms. The first-order valence-corrected chi connectivity index (χ1v) is 4.98. The molecule has 0 fully saturated rings. The predicted octanol–water partition coefficient (Wildman–Crippen LogP) is 1.74. The SMILES string of the molecule is N#Cc1cc(F)ccc1NC(=O)c1ccnnc1. The van der Waals surface area contributed by atoms with E-state index in [9.17, 15) is 9.18 Å². The molecule has 0 aliphatic heterocycles. The van der Waals surface area contributed by atoms with Crippen LogP contribution in [0.15, 0.2) is 36.7 Å². The van der Waals surface area contributed by atoms with Gasteiger partial charge in [-0.05, 0) is 24.3 Å². The van der Waals surface area contributed by atoms with Gasteiger partial charge in [0.15, 0.2) is 0 Å². The molecule has 88 valence electrons. The molecule has 2 aromatic rings. The largest absolute Gasteiger partial charge is 0.321 e. The zero-order valence-electron chi connectivity index (χ0n) is 9.09. The fourth-order valence-corrected chi connectivity index (χ4v) is 1.34. The monoisotopic (exact) mass is 242 g/mol. The highest BCUT2D eigenvalue weighted by molar-refractivity contribution is 6.04. The van der Waals surface area contributed by atoms with Gasteiger partial charge in [-0.3, -0.25) is 4.79 Å². The average Bonchev–Trinajstić information content (AvgIpc) is 2.41. The summed E-state index contributed by atoms with van der Waals surface area (Å²) in [6, 6.07) is 6.85. The molecule has 0 aliphatic carbocycles. The summed E-state index contributed by atoms with van der Waals surface area (Å²) in [6.07, 6.45) is 2.68. The lowest BCUT2D eigenvalue weighted by molar-refractivity contribution is 0.102. The third-order valence-corrected chi connectivity index (χ3v) is 2.20. The Labute approximate surface area is 102 Å². The molecule has 1 aromatic heterocycles. The molecule has 0 saturated carbocycles. The van der Waals surface area contributed by atoms with Crippen LogP contribution in [0.1, 0.15) is 15.9 Å². The zero-order valence-corrected chi connectivity index (χ0v) is 9.09. The third kappa shape index (κ3) is 2.47. The van der Waals surface area contributed by atoms with E-state index in [1.54, 1.807) is 0 Å². The third-order valence-electron chi connectivity index (χ3n) is 2.20. The summed E-state index contributed by atoms with van der Waals surface area (Å²) in [5.41, 5.74) is 0.615. The number of aromatic nitrogens is 2. The smallest absolute Gasteiger partial charge is 0.257 e. The van der Waals surface area contributed by atoms with Gasteiger partial charge in [0.05, 0.1) is 29.2 Å². The number of anilines is 1. The van der Waals surface area contributed by atoms with Gasteiger partial charge in [-0.15, -0.1) is 0 Å². The average molecular weight is 242 g/mol. The molecule has 1 heterocycles. The van der Waals surface area contributed by atoms with Crippen LogP contribution in [0.2, 0.25) is 0 Å². The van der Waals surface area contributed by atoms with Crippen molar-refractivity contribution in [2.75, 3.05) is 5.32 Å². The van der Waals surface area contributed by atoms with E-state index in [1.165, 1.54) is 30.6 Å². The van der Waals surface area contributed by atoms with Crippen LogP contribution in [0.4, 0.5) is 10.1 Å². The Kier molecular flexibility index (Phi) is 3.25. The van der Waals surface area contributed by atoms with E-state index in [0.29, 0.717) is 5.56 Å². The molecule has 0 aliphatic rings. The quantitative estimate of drug-likeness (QED) is 0.869. The molecule has 0 saturated heterocycles. The summed E-state index contributed by atoms with van der Waals surface area (Å²) in [7, 11) is 0. The Morgan fingerprint density at radius 3 is 2.83 bits per heavy atom. The highest BCUT2D eigenvalue weighted by Crippen LogP contribution is 2.16. The van der Waals surface area contributed by atoms with Crippen molar-refractivity contribution in [2.24, 2.45) is 0 Å².